The largest absolute Gasteiger partial charge is 0.243 e. The van der Waals surface area contributed by atoms with E-state index in [1.807, 2.05) is 58.0 Å². The smallest absolute Gasteiger partial charge is 0.242 e. The van der Waals surface area contributed by atoms with Gasteiger partial charge < -0.3 is 0 Å². The molecule has 1 saturated heterocycles. The van der Waals surface area contributed by atoms with Gasteiger partial charge in [-0.15, -0.1) is 0 Å². The van der Waals surface area contributed by atoms with Crippen molar-refractivity contribution in [3.8, 4) is 0 Å². The van der Waals surface area contributed by atoms with E-state index in [1.54, 1.807) is 16.4 Å². The van der Waals surface area contributed by atoms with Crippen LogP contribution >= 0.6 is 0 Å². The summed E-state index contributed by atoms with van der Waals surface area (Å²) in [5.41, 5.74) is 1.78. The average molecular weight is 449 g/mol. The van der Waals surface area contributed by atoms with Crippen LogP contribution in [0.4, 0.5) is 0 Å². The molecule has 2 aromatic rings. The molecule has 1 aliphatic heterocycles. The number of sulfonamides is 1. The van der Waals surface area contributed by atoms with Crippen LogP contribution < -0.4 is 4.72 Å². The molecule has 1 aliphatic rings. The van der Waals surface area contributed by atoms with Crippen molar-refractivity contribution in [2.45, 2.75) is 62.1 Å². The number of rotatable bonds is 6. The minimum atomic E-state index is -3.53. The molecule has 0 saturated carbocycles. The number of hydrogen-bond acceptors (Lipinski definition) is 3. The van der Waals surface area contributed by atoms with Gasteiger partial charge in [0.15, 0.2) is 0 Å². The molecule has 0 aromatic heterocycles. The highest BCUT2D eigenvalue weighted by atomic mass is 32.2. The summed E-state index contributed by atoms with van der Waals surface area (Å²) < 4.78 is 43.7. The van der Waals surface area contributed by atoms with Gasteiger partial charge in [-0.3, -0.25) is 0 Å². The SMILES string of the molecule is Cc1ccc(S(=O)(=O)N2CCC(Cc3ccccc3)(NS(=O)C(C)(C)C)CC2)cc1. The zero-order chi connectivity index (χ0) is 22.0. The Bertz CT molecular complexity index is 973. The van der Waals surface area contributed by atoms with Crippen molar-refractivity contribution in [2.75, 3.05) is 13.1 Å². The molecule has 0 spiro atoms. The van der Waals surface area contributed by atoms with Gasteiger partial charge in [-0.2, -0.15) is 4.31 Å². The van der Waals surface area contributed by atoms with Crippen molar-refractivity contribution in [3.05, 3.63) is 65.7 Å². The summed E-state index contributed by atoms with van der Waals surface area (Å²) >= 11 is 0. The number of benzene rings is 2. The van der Waals surface area contributed by atoms with E-state index < -0.39 is 31.3 Å². The Morgan fingerprint density at radius 1 is 1.00 bits per heavy atom. The second-order valence-electron chi connectivity index (χ2n) is 9.14. The number of nitrogens with zero attached hydrogens (tertiary/aromatic N) is 1. The third kappa shape index (κ3) is 5.38. The Hall–Kier alpha value is -1.54. The number of aryl methyl sites for hydroxylation is 1. The number of hydrogen-bond donors (Lipinski definition) is 1. The summed E-state index contributed by atoms with van der Waals surface area (Å²) in [5, 5.41) is 0. The van der Waals surface area contributed by atoms with Crippen molar-refractivity contribution in [1.29, 1.82) is 0 Å². The van der Waals surface area contributed by atoms with E-state index in [9.17, 15) is 12.6 Å². The van der Waals surface area contributed by atoms with E-state index in [4.69, 9.17) is 0 Å². The molecule has 0 amide bonds. The minimum Gasteiger partial charge on any atom is -0.242 e. The van der Waals surface area contributed by atoms with Gasteiger partial charge in [0.1, 0.15) is 0 Å². The van der Waals surface area contributed by atoms with Crippen molar-refractivity contribution in [3.63, 3.8) is 0 Å². The summed E-state index contributed by atoms with van der Waals surface area (Å²) in [5.74, 6) is 0. The second-order valence-corrected chi connectivity index (χ2v) is 13.0. The molecule has 164 valence electrons. The zero-order valence-electron chi connectivity index (χ0n) is 18.2. The van der Waals surface area contributed by atoms with Crippen LogP contribution in [0.5, 0.6) is 0 Å². The van der Waals surface area contributed by atoms with Gasteiger partial charge >= 0.3 is 0 Å². The summed E-state index contributed by atoms with van der Waals surface area (Å²) in [6.07, 6.45) is 1.93. The van der Waals surface area contributed by atoms with Crippen LogP contribution in [-0.4, -0.2) is 40.3 Å². The Morgan fingerprint density at radius 3 is 2.10 bits per heavy atom. The van der Waals surface area contributed by atoms with Gasteiger partial charge in [0.05, 0.1) is 20.6 Å². The molecule has 0 aliphatic carbocycles. The lowest BCUT2D eigenvalue weighted by molar-refractivity contribution is 0.218. The zero-order valence-corrected chi connectivity index (χ0v) is 19.9. The van der Waals surface area contributed by atoms with Crippen LogP contribution in [0.2, 0.25) is 0 Å². The van der Waals surface area contributed by atoms with Gasteiger partial charge in [0.25, 0.3) is 0 Å². The minimum absolute atomic E-state index is 0.329. The lowest BCUT2D eigenvalue weighted by Crippen LogP contribution is -2.58. The van der Waals surface area contributed by atoms with E-state index >= 15 is 0 Å². The van der Waals surface area contributed by atoms with Crippen molar-refractivity contribution >= 4 is 21.0 Å². The molecule has 2 aromatic carbocycles. The average Bonchev–Trinajstić information content (AvgIpc) is 2.68. The van der Waals surface area contributed by atoms with Gasteiger partial charge in [0.2, 0.25) is 10.0 Å². The van der Waals surface area contributed by atoms with Crippen molar-refractivity contribution in [1.82, 2.24) is 9.03 Å². The van der Waals surface area contributed by atoms with Crippen LogP contribution in [0.3, 0.4) is 0 Å². The van der Waals surface area contributed by atoms with Gasteiger partial charge in [0, 0.05) is 18.6 Å². The lowest BCUT2D eigenvalue weighted by atomic mass is 9.83. The van der Waals surface area contributed by atoms with Crippen molar-refractivity contribution in [2.24, 2.45) is 0 Å². The maximum Gasteiger partial charge on any atom is 0.243 e. The summed E-state index contributed by atoms with van der Waals surface area (Å²) in [7, 11) is -4.77. The third-order valence-electron chi connectivity index (χ3n) is 5.59. The molecule has 1 unspecified atom stereocenters. The lowest BCUT2D eigenvalue weighted by Gasteiger charge is -2.43. The topological polar surface area (TPSA) is 66.5 Å². The molecular weight excluding hydrogens is 416 g/mol. The first kappa shape index (κ1) is 23.1. The Labute approximate surface area is 183 Å². The fourth-order valence-corrected chi connectivity index (χ4v) is 6.08. The summed E-state index contributed by atoms with van der Waals surface area (Å²) in [6, 6.07) is 17.1. The van der Waals surface area contributed by atoms with Crippen LogP contribution in [0, 0.1) is 6.92 Å². The van der Waals surface area contributed by atoms with Crippen LogP contribution in [0.25, 0.3) is 0 Å². The van der Waals surface area contributed by atoms with E-state index in [2.05, 4.69) is 16.9 Å². The molecule has 5 nitrogen and oxygen atoms in total. The van der Waals surface area contributed by atoms with Crippen LogP contribution in [0.1, 0.15) is 44.7 Å². The fraction of sp³-hybridized carbons (Fsp3) is 0.478. The highest BCUT2D eigenvalue weighted by molar-refractivity contribution is 7.89. The summed E-state index contributed by atoms with van der Waals surface area (Å²) in [6.45, 7) is 8.58. The molecule has 30 heavy (non-hydrogen) atoms. The van der Waals surface area contributed by atoms with E-state index in [1.165, 1.54) is 0 Å². The van der Waals surface area contributed by atoms with Crippen molar-refractivity contribution < 1.29 is 12.6 Å². The maximum atomic E-state index is 13.1. The molecule has 7 heteroatoms. The van der Waals surface area contributed by atoms with Crippen LogP contribution in [0.15, 0.2) is 59.5 Å². The van der Waals surface area contributed by atoms with Gasteiger partial charge in [-0.1, -0.05) is 48.0 Å². The first-order valence-electron chi connectivity index (χ1n) is 10.3. The molecular formula is C23H32N2O3S2. The maximum absolute atomic E-state index is 13.1. The molecule has 1 atom stereocenters. The normalized spacial score (nSPS) is 18.8. The molecule has 1 N–H and O–H groups in total. The monoisotopic (exact) mass is 448 g/mol. The quantitative estimate of drug-likeness (QED) is 0.731. The third-order valence-corrected chi connectivity index (χ3v) is 9.23. The van der Waals surface area contributed by atoms with E-state index in [0.29, 0.717) is 37.2 Å². The molecule has 3 rings (SSSR count). The molecule has 1 fully saturated rings. The van der Waals surface area contributed by atoms with Gasteiger partial charge in [-0.05, 0) is 64.7 Å². The standard InChI is InChI=1S/C23H32N2O3S2/c1-19-10-12-21(13-11-19)30(27,28)25-16-14-23(15-17-25,24-29(26)22(2,3)4)18-20-8-6-5-7-9-20/h5-13,24H,14-18H2,1-4H3. The summed E-state index contributed by atoms with van der Waals surface area (Å²) in [4.78, 5) is 0.329. The predicted octanol–water partition coefficient (Wildman–Crippen LogP) is 3.81. The molecule has 0 radical (unpaired) electrons. The highest BCUT2D eigenvalue weighted by Gasteiger charge is 2.41. The second kappa shape index (κ2) is 8.91. The number of piperidine rings is 1. The van der Waals surface area contributed by atoms with Gasteiger partial charge in [-0.25, -0.2) is 17.3 Å². The Morgan fingerprint density at radius 2 is 1.57 bits per heavy atom. The van der Waals surface area contributed by atoms with E-state index in [0.717, 1.165) is 11.1 Å². The molecule has 0 bridgehead atoms. The fourth-order valence-electron chi connectivity index (χ4n) is 3.67. The highest BCUT2D eigenvalue weighted by Crippen LogP contribution is 2.31. The first-order valence-corrected chi connectivity index (χ1v) is 12.9. The Balaban J connectivity index is 1.81. The number of nitrogens with one attached hydrogen (secondary N) is 1. The molecule has 1 heterocycles. The van der Waals surface area contributed by atoms with E-state index in [-0.39, 0.29) is 0 Å². The predicted molar refractivity (Wildman–Crippen MR) is 123 cm³/mol. The Kier molecular flexibility index (Phi) is 6.87. The first-order chi connectivity index (χ1) is 14.0. The van der Waals surface area contributed by atoms with Crippen LogP contribution in [-0.2, 0) is 27.4 Å².